The van der Waals surface area contributed by atoms with Crippen molar-refractivity contribution >= 4 is 41.5 Å². The molecule has 1 heterocycles. The van der Waals surface area contributed by atoms with E-state index in [4.69, 9.17) is 16.3 Å². The molecule has 1 aliphatic rings. The summed E-state index contributed by atoms with van der Waals surface area (Å²) < 4.78 is 5.40. The lowest BCUT2D eigenvalue weighted by molar-refractivity contribution is 0.0320. The molecule has 1 aliphatic heterocycles. The molecular weight excluding hydrogens is 451 g/mol. The number of halogens is 2. The Labute approximate surface area is 173 Å². The summed E-state index contributed by atoms with van der Waals surface area (Å²) in [5, 5.41) is 4.27. The number of morpholine rings is 1. The first-order chi connectivity index (χ1) is 11.6. The second kappa shape index (κ2) is 11.9. The summed E-state index contributed by atoms with van der Waals surface area (Å²) in [4.78, 5) is 8.95. The molecule has 0 spiro atoms. The molecule has 0 saturated carbocycles. The van der Waals surface area contributed by atoms with Gasteiger partial charge in [-0.3, -0.25) is 9.89 Å². The van der Waals surface area contributed by atoms with Crippen LogP contribution in [0.5, 0.6) is 0 Å². The summed E-state index contributed by atoms with van der Waals surface area (Å²) in [6.07, 6.45) is 0. The number of hydrogen-bond donors (Lipinski definition) is 1. The normalized spacial score (nSPS) is 16.9. The number of hydrogen-bond acceptors (Lipinski definition) is 3. The van der Waals surface area contributed by atoms with E-state index >= 15 is 0 Å². The van der Waals surface area contributed by atoms with Gasteiger partial charge in [0.2, 0.25) is 0 Å². The number of nitrogens with one attached hydrogen (secondary N) is 1. The zero-order valence-corrected chi connectivity index (χ0v) is 18.5. The van der Waals surface area contributed by atoms with E-state index in [0.29, 0.717) is 5.92 Å². The van der Waals surface area contributed by atoms with E-state index in [1.165, 1.54) is 0 Å². The number of nitrogens with zero attached hydrogens (tertiary/aromatic N) is 3. The third-order valence-electron chi connectivity index (χ3n) is 4.22. The molecule has 25 heavy (non-hydrogen) atoms. The van der Waals surface area contributed by atoms with Crippen LogP contribution in [0.2, 0.25) is 5.02 Å². The Morgan fingerprint density at radius 2 is 2.04 bits per heavy atom. The lowest BCUT2D eigenvalue weighted by Crippen LogP contribution is -2.44. The molecule has 1 saturated heterocycles. The van der Waals surface area contributed by atoms with Crippen LogP contribution in [0.1, 0.15) is 12.5 Å². The molecule has 0 amide bonds. The minimum atomic E-state index is 0. The van der Waals surface area contributed by atoms with Crippen LogP contribution in [0, 0.1) is 5.92 Å². The van der Waals surface area contributed by atoms with Crippen molar-refractivity contribution in [2.45, 2.75) is 13.5 Å². The molecule has 0 radical (unpaired) electrons. The predicted octanol–water partition coefficient (Wildman–Crippen LogP) is 2.93. The maximum atomic E-state index is 6.25. The Bertz CT molecular complexity index is 538. The molecule has 1 N–H and O–H groups in total. The van der Waals surface area contributed by atoms with Crippen molar-refractivity contribution < 1.29 is 4.74 Å². The highest BCUT2D eigenvalue weighted by molar-refractivity contribution is 14.0. The lowest BCUT2D eigenvalue weighted by Gasteiger charge is -2.30. The van der Waals surface area contributed by atoms with E-state index in [9.17, 15) is 0 Å². The molecule has 1 unspecified atom stereocenters. The minimum absolute atomic E-state index is 0. The summed E-state index contributed by atoms with van der Waals surface area (Å²) >= 11 is 6.25. The minimum Gasteiger partial charge on any atom is -0.379 e. The van der Waals surface area contributed by atoms with Gasteiger partial charge in [0.1, 0.15) is 0 Å². The van der Waals surface area contributed by atoms with Crippen LogP contribution in [0.4, 0.5) is 0 Å². The van der Waals surface area contributed by atoms with Gasteiger partial charge in [-0.1, -0.05) is 36.7 Å². The van der Waals surface area contributed by atoms with Crippen molar-refractivity contribution in [1.29, 1.82) is 0 Å². The summed E-state index contributed by atoms with van der Waals surface area (Å²) in [6.45, 7) is 8.75. The van der Waals surface area contributed by atoms with Gasteiger partial charge >= 0.3 is 0 Å². The fourth-order valence-electron chi connectivity index (χ4n) is 2.90. The summed E-state index contributed by atoms with van der Waals surface area (Å²) in [5.74, 6) is 1.44. The van der Waals surface area contributed by atoms with E-state index in [1.54, 1.807) is 0 Å². The standard InChI is InChI=1S/C18H29ClN4O.HI/c1-15(13-23-8-10-24-11-9-23)12-21-18(20-2)22(3)14-16-6-4-5-7-17(16)19;/h4-7,15H,8-14H2,1-3H3,(H,20,21);1H. The number of benzene rings is 1. The molecule has 0 aromatic heterocycles. The van der Waals surface area contributed by atoms with Crippen molar-refractivity contribution in [3.8, 4) is 0 Å². The molecule has 142 valence electrons. The van der Waals surface area contributed by atoms with E-state index in [1.807, 2.05) is 38.4 Å². The van der Waals surface area contributed by atoms with Crippen molar-refractivity contribution in [2.24, 2.45) is 10.9 Å². The molecule has 7 heteroatoms. The number of aliphatic imine (C=N–C) groups is 1. The van der Waals surface area contributed by atoms with Gasteiger partial charge in [-0.25, -0.2) is 0 Å². The van der Waals surface area contributed by atoms with Crippen LogP contribution in [0.25, 0.3) is 0 Å². The summed E-state index contributed by atoms with van der Waals surface area (Å²) in [7, 11) is 3.85. The second-order valence-electron chi connectivity index (χ2n) is 6.39. The fraction of sp³-hybridized carbons (Fsp3) is 0.611. The third-order valence-corrected chi connectivity index (χ3v) is 4.59. The highest BCUT2D eigenvalue weighted by Crippen LogP contribution is 2.16. The maximum absolute atomic E-state index is 6.25. The van der Waals surface area contributed by atoms with Gasteiger partial charge in [-0.05, 0) is 17.5 Å². The average Bonchev–Trinajstić information content (AvgIpc) is 2.58. The van der Waals surface area contributed by atoms with Crippen LogP contribution in [-0.2, 0) is 11.3 Å². The third kappa shape index (κ3) is 7.68. The highest BCUT2D eigenvalue weighted by atomic mass is 127. The smallest absolute Gasteiger partial charge is 0.193 e. The number of guanidine groups is 1. The zero-order valence-electron chi connectivity index (χ0n) is 15.4. The van der Waals surface area contributed by atoms with Crippen LogP contribution >= 0.6 is 35.6 Å². The first-order valence-electron chi connectivity index (χ1n) is 8.55. The maximum Gasteiger partial charge on any atom is 0.193 e. The Kier molecular flexibility index (Phi) is 10.7. The monoisotopic (exact) mass is 480 g/mol. The summed E-state index contributed by atoms with van der Waals surface area (Å²) in [5.41, 5.74) is 1.10. The van der Waals surface area contributed by atoms with Gasteiger partial charge in [0.05, 0.1) is 13.2 Å². The first-order valence-corrected chi connectivity index (χ1v) is 8.93. The molecule has 1 fully saturated rings. The Balaban J connectivity index is 0.00000312. The van der Waals surface area contributed by atoms with Crippen molar-refractivity contribution in [2.75, 3.05) is 53.5 Å². The Morgan fingerprint density at radius 3 is 2.68 bits per heavy atom. The van der Waals surface area contributed by atoms with Gasteiger partial charge in [0, 0.05) is 51.8 Å². The van der Waals surface area contributed by atoms with Crippen LogP contribution in [0.15, 0.2) is 29.3 Å². The number of ether oxygens (including phenoxy) is 1. The highest BCUT2D eigenvalue weighted by Gasteiger charge is 2.15. The van der Waals surface area contributed by atoms with Gasteiger partial charge in [0.25, 0.3) is 0 Å². The fourth-order valence-corrected chi connectivity index (χ4v) is 3.09. The summed E-state index contributed by atoms with van der Waals surface area (Å²) in [6, 6.07) is 7.93. The molecule has 5 nitrogen and oxygen atoms in total. The molecule has 0 bridgehead atoms. The molecule has 1 aromatic carbocycles. The average molecular weight is 481 g/mol. The largest absolute Gasteiger partial charge is 0.379 e. The van der Waals surface area contributed by atoms with Gasteiger partial charge in [-0.15, -0.1) is 24.0 Å². The van der Waals surface area contributed by atoms with E-state index < -0.39 is 0 Å². The van der Waals surface area contributed by atoms with Crippen molar-refractivity contribution in [3.63, 3.8) is 0 Å². The van der Waals surface area contributed by atoms with Gasteiger partial charge in [0.15, 0.2) is 5.96 Å². The second-order valence-corrected chi connectivity index (χ2v) is 6.80. The Hall–Kier alpha value is -0.570. The van der Waals surface area contributed by atoms with E-state index in [2.05, 4.69) is 27.0 Å². The van der Waals surface area contributed by atoms with Gasteiger partial charge < -0.3 is 15.0 Å². The molecule has 1 aromatic rings. The molecule has 2 rings (SSSR count). The van der Waals surface area contributed by atoms with Crippen molar-refractivity contribution in [3.05, 3.63) is 34.9 Å². The van der Waals surface area contributed by atoms with Crippen molar-refractivity contribution in [1.82, 2.24) is 15.1 Å². The van der Waals surface area contributed by atoms with Crippen LogP contribution in [0.3, 0.4) is 0 Å². The number of rotatable bonds is 6. The SMILES string of the molecule is CN=C(NCC(C)CN1CCOCC1)N(C)Cc1ccccc1Cl.I. The van der Waals surface area contributed by atoms with Crippen LogP contribution < -0.4 is 5.32 Å². The van der Waals surface area contributed by atoms with E-state index in [0.717, 1.165) is 62.5 Å². The van der Waals surface area contributed by atoms with Gasteiger partial charge in [-0.2, -0.15) is 0 Å². The van der Waals surface area contributed by atoms with Crippen LogP contribution in [-0.4, -0.2) is 69.2 Å². The van der Waals surface area contributed by atoms with E-state index in [-0.39, 0.29) is 24.0 Å². The molecule has 1 atom stereocenters. The Morgan fingerprint density at radius 1 is 1.36 bits per heavy atom. The quantitative estimate of drug-likeness (QED) is 0.386. The topological polar surface area (TPSA) is 40.1 Å². The zero-order chi connectivity index (χ0) is 17.4. The predicted molar refractivity (Wildman–Crippen MR) is 116 cm³/mol. The first kappa shape index (κ1) is 22.5. The molecule has 0 aliphatic carbocycles. The lowest BCUT2D eigenvalue weighted by atomic mass is 10.1. The molecular formula is C18H30ClIN4O.